The highest BCUT2D eigenvalue weighted by Gasteiger charge is 2.14. The van der Waals surface area contributed by atoms with Crippen LogP contribution in [0.25, 0.3) is 5.69 Å². The third-order valence-electron chi connectivity index (χ3n) is 4.27. The molecular weight excluding hydrogens is 392 g/mol. The third-order valence-corrected chi connectivity index (χ3v) is 5.60. The Balaban J connectivity index is 1.47. The molecule has 0 atom stereocenters. The molecule has 0 radical (unpaired) electrons. The zero-order chi connectivity index (χ0) is 20.9. The summed E-state index contributed by atoms with van der Waals surface area (Å²) in [6, 6.07) is 13.8. The fourth-order valence-corrected chi connectivity index (χ4v) is 3.55. The zero-order valence-electron chi connectivity index (χ0n) is 16.2. The Labute approximate surface area is 170 Å². The number of carbonyl (C=O) groups is 1. The van der Waals surface area contributed by atoms with Crippen molar-refractivity contribution in [2.24, 2.45) is 0 Å². The largest absolute Gasteiger partial charge is 0.494 e. The number of hydrogen-bond donors (Lipinski definition) is 0. The summed E-state index contributed by atoms with van der Waals surface area (Å²) in [6.07, 6.45) is 2.87. The van der Waals surface area contributed by atoms with Crippen LogP contribution in [0.5, 0.6) is 5.75 Å². The fraction of sp³-hybridized carbons (Fsp3) is 0.238. The number of aldehydes is 1. The summed E-state index contributed by atoms with van der Waals surface area (Å²) in [7, 11) is -3.75. The monoisotopic (exact) mass is 414 g/mol. The second kappa shape index (κ2) is 9.02. The normalized spacial score (nSPS) is 11.4. The molecule has 0 amide bonds. The average molecular weight is 414 g/mol. The molecule has 1 heterocycles. The predicted molar refractivity (Wildman–Crippen MR) is 108 cm³/mol. The highest BCUT2D eigenvalue weighted by atomic mass is 32.2. The van der Waals surface area contributed by atoms with Gasteiger partial charge in [0.2, 0.25) is 0 Å². The van der Waals surface area contributed by atoms with E-state index < -0.39 is 10.1 Å². The number of aromatic nitrogens is 2. The predicted octanol–water partition coefficient (Wildman–Crippen LogP) is 3.48. The molecule has 0 aliphatic rings. The van der Waals surface area contributed by atoms with Gasteiger partial charge in [0.05, 0.1) is 35.1 Å². The van der Waals surface area contributed by atoms with Gasteiger partial charge < -0.3 is 4.74 Å². The van der Waals surface area contributed by atoms with E-state index in [9.17, 15) is 13.2 Å². The van der Waals surface area contributed by atoms with E-state index in [4.69, 9.17) is 8.92 Å². The maximum atomic E-state index is 12.1. The highest BCUT2D eigenvalue weighted by Crippen LogP contribution is 2.17. The summed E-state index contributed by atoms with van der Waals surface area (Å²) in [5, 5.41) is 4.29. The molecule has 0 spiro atoms. The molecular formula is C21H22N2O5S. The molecule has 3 aromatic rings. The van der Waals surface area contributed by atoms with Crippen LogP contribution < -0.4 is 4.74 Å². The van der Waals surface area contributed by atoms with E-state index in [0.717, 1.165) is 17.5 Å². The molecule has 8 heteroatoms. The first-order chi connectivity index (χ1) is 13.9. The summed E-state index contributed by atoms with van der Waals surface area (Å²) in [4.78, 5) is 11.1. The summed E-state index contributed by atoms with van der Waals surface area (Å²) in [6.45, 7) is 4.02. The van der Waals surface area contributed by atoms with Crippen molar-refractivity contribution < 1.29 is 22.1 Å². The van der Waals surface area contributed by atoms with Gasteiger partial charge >= 0.3 is 0 Å². The molecule has 152 valence electrons. The van der Waals surface area contributed by atoms with Crippen LogP contribution in [0.2, 0.25) is 0 Å². The Hall–Kier alpha value is -2.97. The van der Waals surface area contributed by atoms with Gasteiger partial charge in [-0.05, 0) is 50.2 Å². The number of hydrogen-bond acceptors (Lipinski definition) is 6. The number of aryl methyl sites for hydroxylation is 2. The van der Waals surface area contributed by atoms with Gasteiger partial charge in [-0.3, -0.25) is 8.98 Å². The Morgan fingerprint density at radius 1 is 1.00 bits per heavy atom. The summed E-state index contributed by atoms with van der Waals surface area (Å²) < 4.78 is 36.5. The van der Waals surface area contributed by atoms with E-state index in [1.165, 1.54) is 12.1 Å². The van der Waals surface area contributed by atoms with Crippen molar-refractivity contribution in [2.75, 3.05) is 13.2 Å². The quantitative estimate of drug-likeness (QED) is 0.303. The average Bonchev–Trinajstić information content (AvgIpc) is 3.09. The van der Waals surface area contributed by atoms with Crippen molar-refractivity contribution in [3.8, 4) is 11.4 Å². The zero-order valence-corrected chi connectivity index (χ0v) is 17.1. The van der Waals surface area contributed by atoms with Crippen molar-refractivity contribution in [2.45, 2.75) is 25.2 Å². The lowest BCUT2D eigenvalue weighted by Crippen LogP contribution is -2.10. The molecule has 3 rings (SSSR count). The van der Waals surface area contributed by atoms with Gasteiger partial charge in [-0.15, -0.1) is 0 Å². The minimum atomic E-state index is -3.75. The van der Waals surface area contributed by atoms with Crippen molar-refractivity contribution in [3.05, 3.63) is 71.5 Å². The number of ether oxygens (including phenoxy) is 1. The topological polar surface area (TPSA) is 87.5 Å². The van der Waals surface area contributed by atoms with E-state index in [1.807, 2.05) is 19.1 Å². The Morgan fingerprint density at radius 2 is 1.69 bits per heavy atom. The van der Waals surface area contributed by atoms with Crippen LogP contribution in [0.15, 0.2) is 59.6 Å². The minimum absolute atomic E-state index is 0.0370. The van der Waals surface area contributed by atoms with Crippen LogP contribution >= 0.6 is 0 Å². The molecule has 0 saturated carbocycles. The first-order valence-corrected chi connectivity index (χ1v) is 10.5. The molecule has 7 nitrogen and oxygen atoms in total. The Bertz CT molecular complexity index is 1070. The van der Waals surface area contributed by atoms with Crippen molar-refractivity contribution in [1.82, 2.24) is 9.78 Å². The second-order valence-electron chi connectivity index (χ2n) is 6.52. The molecule has 0 saturated heterocycles. The lowest BCUT2D eigenvalue weighted by Gasteiger charge is -2.08. The van der Waals surface area contributed by atoms with Gasteiger partial charge in [-0.2, -0.15) is 13.5 Å². The van der Waals surface area contributed by atoms with Crippen LogP contribution in [0.4, 0.5) is 0 Å². The van der Waals surface area contributed by atoms with E-state index in [0.29, 0.717) is 30.0 Å². The molecule has 0 bridgehead atoms. The van der Waals surface area contributed by atoms with Crippen LogP contribution in [0.3, 0.4) is 0 Å². The lowest BCUT2D eigenvalue weighted by atomic mass is 10.2. The molecule has 0 N–H and O–H groups in total. The van der Waals surface area contributed by atoms with Crippen LogP contribution in [-0.4, -0.2) is 37.7 Å². The van der Waals surface area contributed by atoms with Crippen LogP contribution in [-0.2, 0) is 14.3 Å². The van der Waals surface area contributed by atoms with Gasteiger partial charge in [0.25, 0.3) is 10.1 Å². The molecule has 0 aliphatic carbocycles. The van der Waals surface area contributed by atoms with Gasteiger partial charge in [0, 0.05) is 12.6 Å². The SMILES string of the molecule is Cc1ccc(S(=O)(=O)OCCCOc2ccc(-n3cc(C=O)c(C)n3)cc2)cc1. The van der Waals surface area contributed by atoms with Crippen molar-refractivity contribution >= 4 is 16.4 Å². The Kier molecular flexibility index (Phi) is 6.46. The summed E-state index contributed by atoms with van der Waals surface area (Å²) >= 11 is 0. The van der Waals surface area contributed by atoms with Gasteiger partial charge in [-0.1, -0.05) is 17.7 Å². The second-order valence-corrected chi connectivity index (χ2v) is 8.13. The lowest BCUT2D eigenvalue weighted by molar-refractivity contribution is 0.112. The Morgan fingerprint density at radius 3 is 2.31 bits per heavy atom. The van der Waals surface area contributed by atoms with Gasteiger partial charge in [0.1, 0.15) is 5.75 Å². The maximum absolute atomic E-state index is 12.1. The first kappa shape index (κ1) is 20.8. The maximum Gasteiger partial charge on any atom is 0.296 e. The van der Waals surface area contributed by atoms with Crippen molar-refractivity contribution in [3.63, 3.8) is 0 Å². The fourth-order valence-electron chi connectivity index (χ4n) is 2.61. The molecule has 2 aromatic carbocycles. The number of carbonyl (C=O) groups excluding carboxylic acids is 1. The summed E-state index contributed by atoms with van der Waals surface area (Å²) in [5.74, 6) is 0.648. The van der Waals surface area contributed by atoms with E-state index in [1.54, 1.807) is 42.1 Å². The van der Waals surface area contributed by atoms with E-state index in [2.05, 4.69) is 5.10 Å². The molecule has 0 aliphatic heterocycles. The highest BCUT2D eigenvalue weighted by molar-refractivity contribution is 7.86. The number of benzene rings is 2. The smallest absolute Gasteiger partial charge is 0.296 e. The minimum Gasteiger partial charge on any atom is -0.494 e. The number of nitrogens with zero attached hydrogens (tertiary/aromatic N) is 2. The molecule has 0 unspecified atom stereocenters. The molecule has 1 aromatic heterocycles. The van der Waals surface area contributed by atoms with Gasteiger partial charge in [0.15, 0.2) is 6.29 Å². The third kappa shape index (κ3) is 5.30. The number of rotatable bonds is 9. The molecule has 29 heavy (non-hydrogen) atoms. The molecule has 0 fully saturated rings. The van der Waals surface area contributed by atoms with E-state index in [-0.39, 0.29) is 11.5 Å². The van der Waals surface area contributed by atoms with Crippen molar-refractivity contribution in [1.29, 1.82) is 0 Å². The standard InChI is InChI=1S/C21H22N2O5S/c1-16-4-10-21(11-5-16)29(25,26)28-13-3-12-27-20-8-6-19(7-9-20)23-14-18(15-24)17(2)22-23/h4-11,14-15H,3,12-13H2,1-2H3. The summed E-state index contributed by atoms with van der Waals surface area (Å²) in [5.41, 5.74) is 3.00. The van der Waals surface area contributed by atoms with Gasteiger partial charge in [-0.25, -0.2) is 4.68 Å². The van der Waals surface area contributed by atoms with E-state index >= 15 is 0 Å². The first-order valence-electron chi connectivity index (χ1n) is 9.10. The van der Waals surface area contributed by atoms with Crippen LogP contribution in [0, 0.1) is 13.8 Å². The van der Waals surface area contributed by atoms with Crippen LogP contribution in [0.1, 0.15) is 28.0 Å².